The number of halogens is 1. The molecular weight excluding hydrogens is 514 g/mol. The third-order valence-corrected chi connectivity index (χ3v) is 6.45. The van der Waals surface area contributed by atoms with Gasteiger partial charge in [-0.2, -0.15) is 5.26 Å². The number of fused-ring (bicyclic) bond motifs is 1. The van der Waals surface area contributed by atoms with Crippen molar-refractivity contribution in [3.8, 4) is 6.07 Å². The van der Waals surface area contributed by atoms with Gasteiger partial charge in [0.05, 0.1) is 35.5 Å². The first-order valence-electron chi connectivity index (χ1n) is 11.3. The number of ether oxygens (including phenoxy) is 1. The van der Waals surface area contributed by atoms with E-state index in [1.807, 2.05) is 18.4 Å². The van der Waals surface area contributed by atoms with Gasteiger partial charge >= 0.3 is 0 Å². The number of carbonyl (C=O) groups is 2. The van der Waals surface area contributed by atoms with Gasteiger partial charge in [0.15, 0.2) is 6.29 Å². The summed E-state index contributed by atoms with van der Waals surface area (Å²) in [5.74, 6) is -0.0985. The lowest BCUT2D eigenvalue weighted by Gasteiger charge is -2.26. The zero-order valence-corrected chi connectivity index (χ0v) is 21.1. The summed E-state index contributed by atoms with van der Waals surface area (Å²) in [7, 11) is 0. The second-order valence-corrected chi connectivity index (χ2v) is 9.30. The molecule has 1 aliphatic heterocycles. The number of nitriles is 1. The molecule has 0 aliphatic carbocycles. The Hall–Kier alpha value is -3.33. The maximum atomic E-state index is 13.2. The minimum Gasteiger partial charge on any atom is -0.383 e. The molecule has 4 heterocycles. The van der Waals surface area contributed by atoms with Crippen molar-refractivity contribution < 1.29 is 14.3 Å². The summed E-state index contributed by atoms with van der Waals surface area (Å²) in [5, 5.41) is 15.6. The molecular formula is C24H26BrN7O3. The molecule has 1 amide bonds. The van der Waals surface area contributed by atoms with Gasteiger partial charge < -0.3 is 19.9 Å². The third-order valence-electron chi connectivity index (χ3n) is 5.81. The Morgan fingerprint density at radius 3 is 2.80 bits per heavy atom. The molecule has 10 nitrogen and oxygen atoms in total. The lowest BCUT2D eigenvalue weighted by atomic mass is 10.2. The minimum absolute atomic E-state index is 0.0742. The van der Waals surface area contributed by atoms with Crippen LogP contribution in [0.4, 0.5) is 11.5 Å². The van der Waals surface area contributed by atoms with Crippen molar-refractivity contribution in [2.45, 2.75) is 19.9 Å². The van der Waals surface area contributed by atoms with Crippen LogP contribution in [0.3, 0.4) is 0 Å². The highest BCUT2D eigenvalue weighted by Gasteiger charge is 2.21. The van der Waals surface area contributed by atoms with E-state index in [9.17, 15) is 14.9 Å². The largest absolute Gasteiger partial charge is 0.383 e. The number of nitrogens with zero attached hydrogens (tertiary/aromatic N) is 5. The monoisotopic (exact) mass is 539 g/mol. The molecule has 4 rings (SSSR count). The summed E-state index contributed by atoms with van der Waals surface area (Å²) < 4.78 is 7.87. The number of pyridine rings is 2. The van der Waals surface area contributed by atoms with Gasteiger partial charge in [-0.05, 0) is 35.8 Å². The number of aldehydes is 1. The molecule has 1 saturated heterocycles. The molecule has 1 aliphatic rings. The van der Waals surface area contributed by atoms with Gasteiger partial charge in [0.25, 0.3) is 5.91 Å². The van der Waals surface area contributed by atoms with Gasteiger partial charge in [0, 0.05) is 55.2 Å². The average molecular weight is 540 g/mol. The van der Waals surface area contributed by atoms with Crippen molar-refractivity contribution in [2.75, 3.05) is 50.0 Å². The van der Waals surface area contributed by atoms with Crippen molar-refractivity contribution in [1.82, 2.24) is 19.4 Å². The fourth-order valence-corrected chi connectivity index (χ4v) is 4.35. The number of nitrogens with one attached hydrogen (secondary N) is 2. The molecule has 0 aromatic carbocycles. The first-order valence-corrected chi connectivity index (χ1v) is 12.1. The van der Waals surface area contributed by atoms with Crippen molar-refractivity contribution in [1.29, 1.82) is 5.26 Å². The number of aromatic nitrogens is 3. The molecule has 3 aromatic rings. The van der Waals surface area contributed by atoms with Crippen LogP contribution in [0.15, 0.2) is 29.0 Å². The Balaban J connectivity index is 1.56. The molecule has 0 unspecified atom stereocenters. The van der Waals surface area contributed by atoms with E-state index in [2.05, 4.69) is 47.5 Å². The van der Waals surface area contributed by atoms with Gasteiger partial charge in [-0.15, -0.1) is 0 Å². The van der Waals surface area contributed by atoms with Crippen LogP contribution in [0.25, 0.3) is 11.0 Å². The highest BCUT2D eigenvalue weighted by atomic mass is 79.9. The van der Waals surface area contributed by atoms with Crippen LogP contribution < -0.4 is 10.6 Å². The molecule has 3 aromatic heterocycles. The van der Waals surface area contributed by atoms with Crippen molar-refractivity contribution in [2.24, 2.45) is 0 Å². The van der Waals surface area contributed by atoms with Crippen LogP contribution in [0.5, 0.6) is 0 Å². The van der Waals surface area contributed by atoms with E-state index >= 15 is 0 Å². The van der Waals surface area contributed by atoms with E-state index in [-0.39, 0.29) is 11.7 Å². The number of anilines is 2. The van der Waals surface area contributed by atoms with E-state index in [0.717, 1.165) is 38.4 Å². The molecule has 0 radical (unpaired) electrons. The summed E-state index contributed by atoms with van der Waals surface area (Å²) in [6.07, 6.45) is 3.81. The van der Waals surface area contributed by atoms with Crippen molar-refractivity contribution in [3.05, 3.63) is 45.8 Å². The summed E-state index contributed by atoms with van der Waals surface area (Å²) in [6, 6.07) is 5.65. The SMILES string of the molecule is CC(C)n1cc(C(=O)Nc2cc(NCCN3CCOCC3)c(C#N)cn2)c2nc(C=O)c(Br)cc21. The quantitative estimate of drug-likeness (QED) is 0.417. The van der Waals surface area contributed by atoms with Crippen LogP contribution in [0, 0.1) is 11.3 Å². The predicted octanol–water partition coefficient (Wildman–Crippen LogP) is 3.46. The summed E-state index contributed by atoms with van der Waals surface area (Å²) in [4.78, 5) is 35.6. The maximum absolute atomic E-state index is 13.2. The van der Waals surface area contributed by atoms with Crippen molar-refractivity contribution >= 4 is 50.7 Å². The smallest absolute Gasteiger partial charge is 0.260 e. The Labute approximate surface area is 211 Å². The molecule has 35 heavy (non-hydrogen) atoms. The van der Waals surface area contributed by atoms with Gasteiger partial charge in [-0.25, -0.2) is 9.97 Å². The number of carbonyl (C=O) groups excluding carboxylic acids is 2. The minimum atomic E-state index is -0.405. The number of hydrogen-bond donors (Lipinski definition) is 2. The fourth-order valence-electron chi connectivity index (χ4n) is 3.95. The Kier molecular flexibility index (Phi) is 7.75. The molecule has 1 fully saturated rings. The first-order chi connectivity index (χ1) is 16.9. The fraction of sp³-hybridized carbons (Fsp3) is 0.375. The zero-order valence-electron chi connectivity index (χ0n) is 19.5. The average Bonchev–Trinajstić information content (AvgIpc) is 3.23. The maximum Gasteiger partial charge on any atom is 0.260 e. The van der Waals surface area contributed by atoms with Gasteiger partial charge in [-0.1, -0.05) is 0 Å². The summed E-state index contributed by atoms with van der Waals surface area (Å²) in [6.45, 7) is 8.66. The molecule has 182 valence electrons. The zero-order chi connectivity index (χ0) is 24.9. The van der Waals surface area contributed by atoms with Crippen LogP contribution in [0.2, 0.25) is 0 Å². The molecule has 11 heteroatoms. The van der Waals surface area contributed by atoms with Gasteiger partial charge in [0.1, 0.15) is 23.1 Å². The normalized spacial score (nSPS) is 14.1. The lowest BCUT2D eigenvalue weighted by Crippen LogP contribution is -2.39. The molecule has 0 bridgehead atoms. The first kappa shape index (κ1) is 24.8. The van der Waals surface area contributed by atoms with Gasteiger partial charge in [0.2, 0.25) is 0 Å². The van der Waals surface area contributed by atoms with Crippen LogP contribution in [-0.4, -0.2) is 71.0 Å². The number of rotatable bonds is 8. The molecule has 2 N–H and O–H groups in total. The van der Waals surface area contributed by atoms with E-state index in [1.165, 1.54) is 6.20 Å². The van der Waals surface area contributed by atoms with E-state index in [4.69, 9.17) is 4.74 Å². The van der Waals surface area contributed by atoms with Crippen LogP contribution in [-0.2, 0) is 4.74 Å². The molecule has 0 saturated carbocycles. The Bertz CT molecular complexity index is 1290. The standard InChI is InChI=1S/C24H26BrN7O3/c1-15(2)32-13-17(23-21(32)9-18(25)20(14-33)29-23)24(34)30-22-10-19(16(11-26)12-28-22)27-3-4-31-5-7-35-8-6-31/h9-10,12-15H,3-8H2,1-2H3,(H2,27,28,30,34). The summed E-state index contributed by atoms with van der Waals surface area (Å²) in [5.41, 5.74) is 2.71. The molecule has 0 spiro atoms. The third kappa shape index (κ3) is 5.51. The van der Waals surface area contributed by atoms with Crippen molar-refractivity contribution in [3.63, 3.8) is 0 Å². The van der Waals surface area contributed by atoms with E-state index in [0.29, 0.717) is 45.5 Å². The van der Waals surface area contributed by atoms with Gasteiger partial charge in [-0.3, -0.25) is 14.5 Å². The van der Waals surface area contributed by atoms with E-state index in [1.54, 1.807) is 18.3 Å². The number of hydrogen-bond acceptors (Lipinski definition) is 8. The van der Waals surface area contributed by atoms with Crippen LogP contribution in [0.1, 0.15) is 46.3 Å². The predicted molar refractivity (Wildman–Crippen MR) is 136 cm³/mol. The van der Waals surface area contributed by atoms with E-state index < -0.39 is 5.91 Å². The highest BCUT2D eigenvalue weighted by molar-refractivity contribution is 9.10. The summed E-state index contributed by atoms with van der Waals surface area (Å²) >= 11 is 3.37. The molecule has 0 atom stereocenters. The highest BCUT2D eigenvalue weighted by Crippen LogP contribution is 2.28. The van der Waals surface area contributed by atoms with Crippen LogP contribution >= 0.6 is 15.9 Å². The second kappa shape index (κ2) is 10.9. The lowest BCUT2D eigenvalue weighted by molar-refractivity contribution is 0.0398. The Morgan fingerprint density at radius 1 is 1.34 bits per heavy atom. The second-order valence-electron chi connectivity index (χ2n) is 8.45. The number of morpholine rings is 1. The Morgan fingerprint density at radius 2 is 2.11 bits per heavy atom. The topological polar surface area (TPSA) is 125 Å². The number of amides is 1.